The van der Waals surface area contributed by atoms with Gasteiger partial charge in [-0.15, -0.1) is 0 Å². The number of nitrogens with zero attached hydrogens (tertiary/aromatic N) is 4. The number of carbonyl (C=O) groups is 8. The first-order valence-electron chi connectivity index (χ1n) is 39.2. The minimum Gasteiger partial charge on any atom is -0.545 e. The molecule has 0 bridgehead atoms. The Labute approximate surface area is 745 Å². The third-order valence-corrected chi connectivity index (χ3v) is 21.4. The Hall–Kier alpha value is -8.67. The van der Waals surface area contributed by atoms with Crippen molar-refractivity contribution in [2.24, 2.45) is 0 Å². The van der Waals surface area contributed by atoms with Crippen molar-refractivity contribution in [2.45, 2.75) is 192 Å². The Bertz CT molecular complexity index is 4540. The van der Waals surface area contributed by atoms with E-state index in [0.29, 0.717) is 50.1 Å². The van der Waals surface area contributed by atoms with Crippen LogP contribution in [-0.4, -0.2) is 117 Å². The summed E-state index contributed by atoms with van der Waals surface area (Å²) in [5.74, 6) is -7.35. The largest absolute Gasteiger partial charge is 1.00 e. The van der Waals surface area contributed by atoms with Crippen molar-refractivity contribution in [3.05, 3.63) is 283 Å². The number of hydrogen-bond donors (Lipinski definition) is 4. The number of carboxylic acid groups (broad SMARTS) is 4. The van der Waals surface area contributed by atoms with E-state index in [1.807, 2.05) is 36.6 Å². The van der Waals surface area contributed by atoms with Gasteiger partial charge in [0.1, 0.15) is 5.82 Å². The fraction of sp³-hybridized carbons (Fsp3) is 0.378. The third kappa shape index (κ3) is 30.7. The van der Waals surface area contributed by atoms with Crippen LogP contribution in [0.2, 0.25) is 0 Å². The molecule has 4 fully saturated rings. The van der Waals surface area contributed by atoms with Crippen LogP contribution in [-0.2, 0) is 51.5 Å². The predicted octanol–water partition coefficient (Wildman–Crippen LogP) is -1.11. The maximum Gasteiger partial charge on any atom is 1.00 e. The SMILES string of the molecule is C[C@H](NC(=O)C1CCCCN1Cc1ccc(F)c(F)c1)c1ccc(C(=O)[O-])cc1.C[C@H](NC(=O)C1CCCCN1Cc1cccc(C(F)(F)F)c1)c1ccc(C(=O)[O-])cc1.C[C@H](NC(=O)C1CCCCN1Cc1cccc(F)c1)c1ccc(C(=O)[O-])cc1.Cc1cccc(CN2CCCCC2C(=O)N[C@@H](C)c2ccc(C(=O)[O-])cc2)c1.[Li+].[Li+].[Li+].[Li+]. The summed E-state index contributed by atoms with van der Waals surface area (Å²) < 4.78 is 79.2. The van der Waals surface area contributed by atoms with Gasteiger partial charge in [-0.3, -0.25) is 38.8 Å². The standard InChI is InChI=1S/C23H25F3N2O3.C23H28N2O3.C22H24F2N2O3.C22H25FN2O3.4Li/c1-15(17-8-10-18(11-9-17)22(30)31)27-21(29)20-7-2-3-12-28(20)14-16-5-4-6-19(13-16)23(24,25)26;1-16-6-5-7-18(14-16)15-25-13-4-3-8-21(25)22(26)24-17(2)19-9-11-20(12-10-19)23(27)28;1-14(16-6-8-17(9-7-16)22(28)29)25-21(27)20-4-2-3-11-26(20)13-15-5-10-18(23)19(24)12-15;1-15(17-8-10-18(11-9-17)22(27)28)24-21(26)20-7-2-3-12-25(20)14-16-5-4-6-19(23)13-16;;;;/h4-6,8-11,13,15,20H,2-3,7,12,14H2,1H3,(H,27,29)(H,30,31);5-7,9-12,14,17,21H,3-4,8,13,15H2,1-2H3,(H,24,26)(H,27,28);5-10,12,14,20H,2-4,11,13H2,1H3,(H,25,27)(H,28,29);4-6,8-11,13,15,20H,2-3,7,12,14H2,1H3,(H,24,26)(H,27,28);;;;/q;;;;4*+1/p-4/t15-,20?;17-,21?;14-,20?;15-,20?;;;;/m0000..../s1. The van der Waals surface area contributed by atoms with Crippen LogP contribution in [0.4, 0.5) is 26.3 Å². The van der Waals surface area contributed by atoms with E-state index in [9.17, 15) is 85.1 Å². The van der Waals surface area contributed by atoms with E-state index < -0.39 is 53.3 Å². The van der Waals surface area contributed by atoms with Crippen molar-refractivity contribution in [1.82, 2.24) is 40.9 Å². The zero-order valence-corrected chi connectivity index (χ0v) is 69.6. The number of rotatable bonds is 24. The van der Waals surface area contributed by atoms with E-state index >= 15 is 0 Å². The van der Waals surface area contributed by atoms with Crippen molar-refractivity contribution in [2.75, 3.05) is 26.2 Å². The fourth-order valence-electron chi connectivity index (χ4n) is 15.0. The summed E-state index contributed by atoms with van der Waals surface area (Å²) in [5.41, 5.74) is 7.36. The van der Waals surface area contributed by atoms with E-state index in [0.717, 1.165) is 130 Å². The molecular weight excluding hydrogens is 1530 g/mol. The number of amides is 4. The van der Waals surface area contributed by atoms with Gasteiger partial charge in [-0.1, -0.05) is 189 Å². The summed E-state index contributed by atoms with van der Waals surface area (Å²) in [6.07, 6.45) is 6.27. The molecule has 8 atom stereocenters. The van der Waals surface area contributed by atoms with Gasteiger partial charge in [0.15, 0.2) is 11.6 Å². The summed E-state index contributed by atoms with van der Waals surface area (Å²) in [6, 6.07) is 46.7. The molecule has 4 aliphatic heterocycles. The molecule has 8 aromatic carbocycles. The summed E-state index contributed by atoms with van der Waals surface area (Å²) in [7, 11) is 0. The Balaban J connectivity index is 0.000000282. The number of benzene rings is 8. The van der Waals surface area contributed by atoms with Crippen LogP contribution < -0.4 is 117 Å². The number of aryl methyl sites for hydroxylation is 1. The van der Waals surface area contributed by atoms with Crippen molar-refractivity contribution >= 4 is 47.5 Å². The van der Waals surface area contributed by atoms with Gasteiger partial charge in [-0.2, -0.15) is 13.2 Å². The molecule has 4 aliphatic rings. The van der Waals surface area contributed by atoms with E-state index in [-0.39, 0.29) is 176 Å². The summed E-state index contributed by atoms with van der Waals surface area (Å²) >= 11 is 0. The van der Waals surface area contributed by atoms with Crippen LogP contribution in [0.5, 0.6) is 0 Å². The van der Waals surface area contributed by atoms with E-state index in [2.05, 4.69) is 62.3 Å². The average Bonchev–Trinajstić information content (AvgIpc) is 0.847. The minimum absolute atomic E-state index is 0. The molecule has 4 heterocycles. The molecule has 20 nitrogen and oxygen atoms in total. The molecule has 4 unspecified atom stereocenters. The van der Waals surface area contributed by atoms with E-state index in [1.54, 1.807) is 67.6 Å². The van der Waals surface area contributed by atoms with Gasteiger partial charge in [-0.05, 0) is 209 Å². The Morgan fingerprint density at radius 3 is 0.900 bits per heavy atom. The molecule has 8 aromatic rings. The first kappa shape index (κ1) is 102. The number of carbonyl (C=O) groups excluding carboxylic acids is 8. The molecule has 0 spiro atoms. The van der Waals surface area contributed by atoms with Crippen LogP contribution in [0.15, 0.2) is 188 Å². The number of halogens is 6. The van der Waals surface area contributed by atoms with Crippen molar-refractivity contribution in [3.63, 3.8) is 0 Å². The van der Waals surface area contributed by atoms with Crippen molar-refractivity contribution < 1.29 is 161 Å². The van der Waals surface area contributed by atoms with Gasteiger partial charge >= 0.3 is 81.6 Å². The Morgan fingerprint density at radius 2 is 0.625 bits per heavy atom. The Morgan fingerprint density at radius 1 is 0.350 bits per heavy atom. The predicted molar refractivity (Wildman–Crippen MR) is 417 cm³/mol. The monoisotopic (exact) mass is 1620 g/mol. The first-order chi connectivity index (χ1) is 55.4. The van der Waals surface area contributed by atoms with Gasteiger partial charge in [0, 0.05) is 26.2 Å². The molecule has 0 saturated carbocycles. The number of hydrogen-bond acceptors (Lipinski definition) is 16. The quantitative estimate of drug-likeness (QED) is 0.0412. The third-order valence-electron chi connectivity index (χ3n) is 21.4. The molecule has 0 aromatic heterocycles. The molecule has 4 amide bonds. The molecule has 0 aliphatic carbocycles. The first-order valence-corrected chi connectivity index (χ1v) is 39.2. The fourth-order valence-corrected chi connectivity index (χ4v) is 15.0. The number of likely N-dealkylation sites (tertiary alicyclic amines) is 4. The number of piperidine rings is 4. The number of carboxylic acids is 4. The molecule has 616 valence electrons. The Kier molecular flexibility index (Phi) is 42.0. The molecule has 4 saturated heterocycles. The van der Waals surface area contributed by atoms with Crippen molar-refractivity contribution in [3.8, 4) is 0 Å². The summed E-state index contributed by atoms with van der Waals surface area (Å²) in [4.78, 5) is 103. The molecular formula is C90H98F6Li4N8O12. The second kappa shape index (κ2) is 49.4. The second-order valence-corrected chi connectivity index (χ2v) is 30.1. The van der Waals surface area contributed by atoms with Crippen LogP contribution >= 0.6 is 0 Å². The van der Waals surface area contributed by atoms with Crippen LogP contribution in [0.25, 0.3) is 0 Å². The zero-order valence-electron chi connectivity index (χ0n) is 69.6. The van der Waals surface area contributed by atoms with Crippen LogP contribution in [0, 0.1) is 24.4 Å². The maximum atomic E-state index is 13.5. The maximum absolute atomic E-state index is 13.5. The van der Waals surface area contributed by atoms with Gasteiger partial charge < -0.3 is 60.9 Å². The number of aromatic carboxylic acids is 4. The van der Waals surface area contributed by atoms with Crippen LogP contribution in [0.3, 0.4) is 0 Å². The van der Waals surface area contributed by atoms with Crippen molar-refractivity contribution in [1.29, 1.82) is 0 Å². The molecule has 30 heteroatoms. The van der Waals surface area contributed by atoms with Crippen LogP contribution in [0.1, 0.15) is 226 Å². The minimum atomic E-state index is -4.41. The van der Waals surface area contributed by atoms with Gasteiger partial charge in [-0.25, -0.2) is 13.2 Å². The van der Waals surface area contributed by atoms with Gasteiger partial charge in [0.2, 0.25) is 23.6 Å². The van der Waals surface area contributed by atoms with Gasteiger partial charge in [0.25, 0.3) is 0 Å². The zero-order chi connectivity index (χ0) is 83.8. The summed E-state index contributed by atoms with van der Waals surface area (Å²) in [6.45, 7) is 14.5. The van der Waals surface area contributed by atoms with Gasteiger partial charge in [0.05, 0.1) is 77.8 Å². The molecule has 0 radical (unpaired) electrons. The topological polar surface area (TPSA) is 290 Å². The normalized spacial score (nSPS) is 17.8. The second-order valence-electron chi connectivity index (χ2n) is 30.1. The average molecular weight is 1630 g/mol. The number of nitrogens with one attached hydrogen (secondary N) is 4. The number of alkyl halides is 3. The molecule has 4 N–H and O–H groups in total. The molecule has 12 rings (SSSR count). The van der Waals surface area contributed by atoms with E-state index in [4.69, 9.17) is 0 Å². The summed E-state index contributed by atoms with van der Waals surface area (Å²) in [5, 5.41) is 55.5. The molecule has 120 heavy (non-hydrogen) atoms. The smallest absolute Gasteiger partial charge is 0.545 e. The van der Waals surface area contributed by atoms with E-state index in [1.165, 1.54) is 90.0 Å².